The summed E-state index contributed by atoms with van der Waals surface area (Å²) in [6.45, 7) is 8.96. The molecule has 0 atom stereocenters. The van der Waals surface area contributed by atoms with E-state index in [0.29, 0.717) is 0 Å². The van der Waals surface area contributed by atoms with Crippen molar-refractivity contribution in [2.24, 2.45) is 0 Å². The molecule has 1 nitrogen and oxygen atoms in total. The summed E-state index contributed by atoms with van der Waals surface area (Å²) in [5.74, 6) is 0. The predicted molar refractivity (Wildman–Crippen MR) is 99.4 cm³/mol. The van der Waals surface area contributed by atoms with Gasteiger partial charge in [0.15, 0.2) is 0 Å². The summed E-state index contributed by atoms with van der Waals surface area (Å²) in [5.41, 5.74) is 8.85. The Hall–Kier alpha value is -2.54. The van der Waals surface area contributed by atoms with E-state index in [9.17, 15) is 0 Å². The van der Waals surface area contributed by atoms with Crippen LogP contribution in [-0.2, 0) is 5.41 Å². The summed E-state index contributed by atoms with van der Waals surface area (Å²) >= 11 is 0. The first-order valence-corrected chi connectivity index (χ1v) is 8.05. The smallest absolute Gasteiger partial charge is 0.0483 e. The topological polar surface area (TPSA) is 3.24 Å². The van der Waals surface area contributed by atoms with Gasteiger partial charge in [-0.15, -0.1) is 0 Å². The average molecular weight is 299 g/mol. The third kappa shape index (κ3) is 1.93. The Morgan fingerprint density at radius 3 is 2.35 bits per heavy atom. The largest absolute Gasteiger partial charge is 0.350 e. The molecule has 23 heavy (non-hydrogen) atoms. The number of hydrogen-bond donors (Lipinski definition) is 0. The average Bonchev–Trinajstić information content (AvgIpc) is 2.75. The minimum Gasteiger partial charge on any atom is -0.350 e. The molecule has 114 valence electrons. The van der Waals surface area contributed by atoms with Crippen LogP contribution in [0.2, 0.25) is 0 Å². The summed E-state index contributed by atoms with van der Waals surface area (Å²) in [4.78, 5) is 2.23. The fraction of sp³-hybridized carbons (Fsp3) is 0.182. The van der Waals surface area contributed by atoms with Crippen molar-refractivity contribution in [3.05, 3.63) is 89.6 Å². The fourth-order valence-electron chi connectivity index (χ4n) is 3.84. The lowest BCUT2D eigenvalue weighted by Gasteiger charge is -2.28. The molecule has 2 aliphatic rings. The van der Waals surface area contributed by atoms with Crippen molar-refractivity contribution in [3.63, 3.8) is 0 Å². The number of rotatable bonds is 0. The highest BCUT2D eigenvalue weighted by atomic mass is 15.1. The van der Waals surface area contributed by atoms with E-state index >= 15 is 0 Å². The highest BCUT2D eigenvalue weighted by Gasteiger charge is 2.38. The first-order chi connectivity index (χ1) is 11.0. The zero-order valence-corrected chi connectivity index (χ0v) is 13.9. The zero-order chi connectivity index (χ0) is 16.2. The molecule has 1 heterocycles. The molecule has 1 aliphatic heterocycles. The number of fused-ring (bicyclic) bond motifs is 4. The van der Waals surface area contributed by atoms with Crippen LogP contribution in [0, 0.1) is 0 Å². The van der Waals surface area contributed by atoms with Crippen molar-refractivity contribution in [2.45, 2.75) is 19.3 Å². The molecule has 1 aliphatic carbocycles. The lowest BCUT2D eigenvalue weighted by atomic mass is 9.82. The molecular weight excluding hydrogens is 278 g/mol. The minimum absolute atomic E-state index is 0.00322. The lowest BCUT2D eigenvalue weighted by molar-refractivity contribution is 0.658. The number of hydrogen-bond acceptors (Lipinski definition) is 1. The maximum absolute atomic E-state index is 4.34. The van der Waals surface area contributed by atoms with Crippen LogP contribution in [0.25, 0.3) is 11.1 Å². The number of allylic oxidation sites excluding steroid dienone is 4. The van der Waals surface area contributed by atoms with E-state index in [1.54, 1.807) is 0 Å². The lowest BCUT2D eigenvalue weighted by Crippen LogP contribution is -2.20. The molecule has 0 saturated heterocycles. The highest BCUT2D eigenvalue weighted by Crippen LogP contribution is 2.51. The van der Waals surface area contributed by atoms with Gasteiger partial charge in [-0.05, 0) is 40.0 Å². The van der Waals surface area contributed by atoms with Crippen LogP contribution in [-0.4, -0.2) is 7.05 Å². The molecule has 0 bridgehead atoms. The number of nitrogens with zero attached hydrogens (tertiary/aromatic N) is 1. The van der Waals surface area contributed by atoms with E-state index in [-0.39, 0.29) is 5.41 Å². The second-order valence-electron chi connectivity index (χ2n) is 6.92. The molecule has 2 aromatic carbocycles. The van der Waals surface area contributed by atoms with E-state index in [0.717, 1.165) is 5.57 Å². The van der Waals surface area contributed by atoms with Gasteiger partial charge in [-0.3, -0.25) is 0 Å². The van der Waals surface area contributed by atoms with Crippen molar-refractivity contribution in [1.29, 1.82) is 0 Å². The molecule has 0 fully saturated rings. The molecule has 0 aromatic heterocycles. The normalized spacial score (nSPS) is 22.7. The molecule has 0 spiro atoms. The van der Waals surface area contributed by atoms with E-state index in [4.69, 9.17) is 0 Å². The SMILES string of the molecule is C=C1/C=C2\C(=C/N(C)c3ccccc31)C(C)(C)c1ccccc12. The van der Waals surface area contributed by atoms with Gasteiger partial charge in [-0.25, -0.2) is 0 Å². The van der Waals surface area contributed by atoms with E-state index in [1.165, 1.54) is 33.5 Å². The van der Waals surface area contributed by atoms with Crippen LogP contribution in [0.1, 0.15) is 30.5 Å². The molecule has 0 N–H and O–H groups in total. The minimum atomic E-state index is 0.00322. The molecule has 4 rings (SSSR count). The second kappa shape index (κ2) is 4.73. The van der Waals surface area contributed by atoms with Gasteiger partial charge in [-0.2, -0.15) is 0 Å². The Morgan fingerprint density at radius 1 is 0.913 bits per heavy atom. The number of para-hydroxylation sites is 1. The molecule has 0 saturated carbocycles. The molecule has 0 radical (unpaired) electrons. The van der Waals surface area contributed by atoms with Crippen molar-refractivity contribution in [2.75, 3.05) is 11.9 Å². The Morgan fingerprint density at radius 2 is 1.57 bits per heavy atom. The van der Waals surface area contributed by atoms with Crippen molar-refractivity contribution >= 4 is 16.8 Å². The first kappa shape index (κ1) is 14.1. The van der Waals surface area contributed by atoms with Gasteiger partial charge in [-0.1, -0.05) is 62.9 Å². The third-order valence-electron chi connectivity index (χ3n) is 5.13. The molecule has 2 aromatic rings. The van der Waals surface area contributed by atoms with E-state index in [2.05, 4.69) is 93.2 Å². The Bertz CT molecular complexity index is 880. The van der Waals surface area contributed by atoms with Gasteiger partial charge in [0.05, 0.1) is 0 Å². The van der Waals surface area contributed by atoms with E-state index < -0.39 is 0 Å². The van der Waals surface area contributed by atoms with Crippen molar-refractivity contribution in [1.82, 2.24) is 0 Å². The van der Waals surface area contributed by atoms with Gasteiger partial charge < -0.3 is 4.90 Å². The van der Waals surface area contributed by atoms with Crippen LogP contribution in [0.3, 0.4) is 0 Å². The summed E-state index contributed by atoms with van der Waals surface area (Å²) in [7, 11) is 2.13. The van der Waals surface area contributed by atoms with Crippen molar-refractivity contribution in [3.8, 4) is 0 Å². The summed E-state index contributed by atoms with van der Waals surface area (Å²) in [5, 5.41) is 0. The fourth-order valence-corrected chi connectivity index (χ4v) is 3.84. The maximum atomic E-state index is 4.34. The molecule has 1 heteroatoms. The zero-order valence-electron chi connectivity index (χ0n) is 13.9. The summed E-state index contributed by atoms with van der Waals surface area (Å²) in [6, 6.07) is 17.2. The Labute approximate surface area is 138 Å². The summed E-state index contributed by atoms with van der Waals surface area (Å²) in [6.07, 6.45) is 4.54. The predicted octanol–water partition coefficient (Wildman–Crippen LogP) is 5.41. The van der Waals surface area contributed by atoms with Crippen LogP contribution < -0.4 is 4.90 Å². The van der Waals surface area contributed by atoms with Crippen LogP contribution >= 0.6 is 0 Å². The van der Waals surface area contributed by atoms with Gasteiger partial charge in [0.2, 0.25) is 0 Å². The second-order valence-corrected chi connectivity index (χ2v) is 6.92. The Balaban J connectivity index is 2.03. The van der Waals surface area contributed by atoms with Crippen LogP contribution in [0.4, 0.5) is 5.69 Å². The molecule has 0 amide bonds. The van der Waals surface area contributed by atoms with E-state index in [1.807, 2.05) is 0 Å². The highest BCUT2D eigenvalue weighted by molar-refractivity contribution is 5.98. The summed E-state index contributed by atoms with van der Waals surface area (Å²) < 4.78 is 0. The number of anilines is 1. The van der Waals surface area contributed by atoms with Gasteiger partial charge in [0.25, 0.3) is 0 Å². The monoisotopic (exact) mass is 299 g/mol. The van der Waals surface area contributed by atoms with Crippen LogP contribution in [0.15, 0.2) is 73.0 Å². The van der Waals surface area contributed by atoms with Gasteiger partial charge >= 0.3 is 0 Å². The molecular formula is C22H21N. The quantitative estimate of drug-likeness (QED) is 0.629. The van der Waals surface area contributed by atoms with Crippen LogP contribution in [0.5, 0.6) is 0 Å². The van der Waals surface area contributed by atoms with Gasteiger partial charge in [0, 0.05) is 29.9 Å². The Kier molecular flexibility index (Phi) is 2.89. The standard InChI is InChI=1S/C22H21N/c1-15-13-18-17-10-5-7-11-19(17)22(2,3)20(18)14-23(4)21-12-8-6-9-16(15)21/h5-14H,1H2,2-4H3/b18-13-,20-14+. The third-order valence-corrected chi connectivity index (χ3v) is 5.13. The maximum Gasteiger partial charge on any atom is 0.0483 e. The van der Waals surface area contributed by atoms with Gasteiger partial charge in [0.1, 0.15) is 0 Å². The van der Waals surface area contributed by atoms with Crippen molar-refractivity contribution < 1.29 is 0 Å². The number of benzene rings is 2. The first-order valence-electron chi connectivity index (χ1n) is 8.05. The molecule has 0 unspecified atom stereocenters.